The van der Waals surface area contributed by atoms with E-state index in [4.69, 9.17) is 0 Å². The van der Waals surface area contributed by atoms with E-state index in [2.05, 4.69) is 22.5 Å². The van der Waals surface area contributed by atoms with E-state index in [1.54, 1.807) is 6.08 Å². The van der Waals surface area contributed by atoms with Crippen LogP contribution in [-0.4, -0.2) is 54.6 Å². The molecule has 1 aromatic carbocycles. The van der Waals surface area contributed by atoms with Crippen LogP contribution in [0.3, 0.4) is 0 Å². The van der Waals surface area contributed by atoms with Crippen LogP contribution in [0, 0.1) is 0 Å². The number of hydrogen-bond donors (Lipinski definition) is 1. The van der Waals surface area contributed by atoms with Crippen LogP contribution in [0.25, 0.3) is 6.08 Å². The molecule has 1 amide bonds. The third-order valence-electron chi connectivity index (χ3n) is 4.45. The van der Waals surface area contributed by atoms with E-state index in [1.165, 1.54) is 0 Å². The van der Waals surface area contributed by atoms with Crippen LogP contribution in [0.2, 0.25) is 0 Å². The Morgan fingerprint density at radius 1 is 1.26 bits per heavy atom. The van der Waals surface area contributed by atoms with Gasteiger partial charge in [0.1, 0.15) is 5.71 Å². The van der Waals surface area contributed by atoms with Crippen molar-refractivity contribution in [3.63, 3.8) is 0 Å². The highest BCUT2D eigenvalue weighted by molar-refractivity contribution is 6.44. The Labute approximate surface area is 143 Å². The van der Waals surface area contributed by atoms with E-state index < -0.39 is 0 Å². The molecule has 0 atom stereocenters. The van der Waals surface area contributed by atoms with Crippen molar-refractivity contribution in [2.45, 2.75) is 18.9 Å². The highest BCUT2D eigenvalue weighted by Crippen LogP contribution is 2.20. The maximum Gasteiger partial charge on any atom is 0.274 e. The first kappa shape index (κ1) is 17.5. The number of fused-ring (bicyclic) bond motifs is 1. The molecule has 3 rings (SSSR count). The molecule has 23 heavy (non-hydrogen) atoms. The van der Waals surface area contributed by atoms with E-state index in [9.17, 15) is 4.79 Å². The fraction of sp³-hybridized carbons (Fsp3) is 0.412. The molecule has 0 aromatic heterocycles. The molecular weight excluding hydrogens is 312 g/mol. The highest BCUT2D eigenvalue weighted by Gasteiger charge is 2.26. The van der Waals surface area contributed by atoms with Gasteiger partial charge in [0, 0.05) is 13.1 Å². The fourth-order valence-corrected chi connectivity index (χ4v) is 2.92. The molecular formula is C17H23ClN4O. The average molecular weight is 335 g/mol. The van der Waals surface area contributed by atoms with Gasteiger partial charge in [0.25, 0.3) is 5.91 Å². The zero-order valence-electron chi connectivity index (χ0n) is 13.5. The monoisotopic (exact) mass is 334 g/mol. The Kier molecular flexibility index (Phi) is 5.80. The van der Waals surface area contributed by atoms with E-state index in [0.717, 1.165) is 37.2 Å². The molecule has 6 heteroatoms. The summed E-state index contributed by atoms with van der Waals surface area (Å²) < 4.78 is 0. The lowest BCUT2D eigenvalue weighted by atomic mass is 10.0. The lowest BCUT2D eigenvalue weighted by Crippen LogP contribution is -2.46. The van der Waals surface area contributed by atoms with Gasteiger partial charge in [-0.3, -0.25) is 10.2 Å². The number of rotatable bonds is 2. The minimum atomic E-state index is -0.0221. The van der Waals surface area contributed by atoms with Crippen LogP contribution in [0.15, 0.2) is 35.4 Å². The van der Waals surface area contributed by atoms with Gasteiger partial charge in [0.2, 0.25) is 0 Å². The van der Waals surface area contributed by atoms with Crippen LogP contribution in [0.1, 0.15) is 18.4 Å². The SMILES string of the molecule is CN1CCC(N(C)C(=O)C2=NNc3ccccc3C=C2)CC1.Cl. The smallest absolute Gasteiger partial charge is 0.274 e. The molecule has 1 aromatic rings. The second kappa shape index (κ2) is 7.62. The van der Waals surface area contributed by atoms with Gasteiger partial charge >= 0.3 is 0 Å². The molecule has 0 radical (unpaired) electrons. The Bertz CT molecular complexity index is 621. The molecule has 2 heterocycles. The third-order valence-corrected chi connectivity index (χ3v) is 4.45. The summed E-state index contributed by atoms with van der Waals surface area (Å²) in [5.41, 5.74) is 5.40. The van der Waals surface area contributed by atoms with Crippen molar-refractivity contribution in [1.82, 2.24) is 9.80 Å². The first-order valence-electron chi connectivity index (χ1n) is 7.71. The number of likely N-dealkylation sites (tertiary alicyclic amines) is 1. The van der Waals surface area contributed by atoms with Crippen LogP contribution in [0.4, 0.5) is 5.69 Å². The third kappa shape index (κ3) is 3.92. The number of hydrazone groups is 1. The van der Waals surface area contributed by atoms with Gasteiger partial charge in [-0.2, -0.15) is 5.10 Å². The summed E-state index contributed by atoms with van der Waals surface area (Å²) in [7, 11) is 4.00. The van der Waals surface area contributed by atoms with Crippen molar-refractivity contribution < 1.29 is 4.79 Å². The van der Waals surface area contributed by atoms with E-state index >= 15 is 0 Å². The minimum absolute atomic E-state index is 0. The number of carbonyl (C=O) groups excluding carboxylic acids is 1. The molecule has 5 nitrogen and oxygen atoms in total. The molecule has 0 bridgehead atoms. The second-order valence-corrected chi connectivity index (χ2v) is 5.98. The summed E-state index contributed by atoms with van der Waals surface area (Å²) in [6.45, 7) is 2.07. The quantitative estimate of drug-likeness (QED) is 0.903. The summed E-state index contributed by atoms with van der Waals surface area (Å²) >= 11 is 0. The molecule has 0 aliphatic carbocycles. The zero-order valence-corrected chi connectivity index (χ0v) is 14.3. The van der Waals surface area contributed by atoms with Crippen molar-refractivity contribution >= 4 is 35.8 Å². The number of piperidine rings is 1. The van der Waals surface area contributed by atoms with Gasteiger partial charge in [0.05, 0.1) is 5.69 Å². The maximum atomic E-state index is 12.7. The summed E-state index contributed by atoms with van der Waals surface area (Å²) in [6.07, 6.45) is 5.77. The lowest BCUT2D eigenvalue weighted by Gasteiger charge is -2.35. The topological polar surface area (TPSA) is 47.9 Å². The van der Waals surface area contributed by atoms with Gasteiger partial charge in [-0.15, -0.1) is 12.4 Å². The largest absolute Gasteiger partial charge is 0.337 e. The summed E-state index contributed by atoms with van der Waals surface area (Å²) in [5.74, 6) is -0.0221. The molecule has 1 fully saturated rings. The normalized spacial score (nSPS) is 18.1. The van der Waals surface area contributed by atoms with E-state index in [0.29, 0.717) is 11.8 Å². The molecule has 0 spiro atoms. The number of para-hydroxylation sites is 1. The van der Waals surface area contributed by atoms with Crippen LogP contribution >= 0.6 is 12.4 Å². The number of nitrogens with zero attached hydrogens (tertiary/aromatic N) is 3. The standard InChI is InChI=1S/C17H22N4O.ClH/c1-20-11-9-14(10-12-20)21(2)17(22)16-8-7-13-5-3-4-6-15(13)18-19-16;/h3-8,14,18H,9-12H2,1-2H3;1H. The molecule has 1 N–H and O–H groups in total. The van der Waals surface area contributed by atoms with Gasteiger partial charge in [-0.05, 0) is 50.7 Å². The molecule has 0 saturated carbocycles. The Hall–Kier alpha value is -1.85. The number of halogens is 1. The number of hydrogen-bond acceptors (Lipinski definition) is 4. The van der Waals surface area contributed by atoms with Crippen molar-refractivity contribution in [3.05, 3.63) is 35.9 Å². The van der Waals surface area contributed by atoms with Crippen molar-refractivity contribution in [2.75, 3.05) is 32.6 Å². The van der Waals surface area contributed by atoms with E-state index in [-0.39, 0.29) is 18.3 Å². The Morgan fingerprint density at radius 2 is 1.96 bits per heavy atom. The molecule has 2 aliphatic rings. The van der Waals surface area contributed by atoms with Crippen molar-refractivity contribution in [3.8, 4) is 0 Å². The number of anilines is 1. The summed E-state index contributed by atoms with van der Waals surface area (Å²) in [4.78, 5) is 16.8. The molecule has 1 saturated heterocycles. The van der Waals surface area contributed by atoms with Gasteiger partial charge in [-0.1, -0.05) is 24.3 Å². The molecule has 2 aliphatic heterocycles. The number of carbonyl (C=O) groups is 1. The Morgan fingerprint density at radius 3 is 2.70 bits per heavy atom. The zero-order chi connectivity index (χ0) is 15.5. The van der Waals surface area contributed by atoms with E-state index in [1.807, 2.05) is 42.3 Å². The fourth-order valence-electron chi connectivity index (χ4n) is 2.92. The van der Waals surface area contributed by atoms with Gasteiger partial charge in [-0.25, -0.2) is 0 Å². The second-order valence-electron chi connectivity index (χ2n) is 5.98. The van der Waals surface area contributed by atoms with Gasteiger partial charge < -0.3 is 9.80 Å². The van der Waals surface area contributed by atoms with Crippen molar-refractivity contribution in [2.24, 2.45) is 5.10 Å². The first-order valence-corrected chi connectivity index (χ1v) is 7.71. The van der Waals surface area contributed by atoms with Crippen LogP contribution in [-0.2, 0) is 4.79 Å². The predicted molar refractivity (Wildman–Crippen MR) is 97.1 cm³/mol. The summed E-state index contributed by atoms with van der Waals surface area (Å²) in [5, 5.41) is 4.27. The molecule has 124 valence electrons. The summed E-state index contributed by atoms with van der Waals surface area (Å²) in [6, 6.07) is 8.18. The first-order chi connectivity index (χ1) is 10.6. The number of nitrogens with one attached hydrogen (secondary N) is 1. The van der Waals surface area contributed by atoms with Crippen LogP contribution in [0.5, 0.6) is 0 Å². The van der Waals surface area contributed by atoms with Crippen molar-refractivity contribution in [1.29, 1.82) is 0 Å². The molecule has 0 unspecified atom stereocenters. The van der Waals surface area contributed by atoms with Crippen LogP contribution < -0.4 is 5.43 Å². The highest BCUT2D eigenvalue weighted by atomic mass is 35.5. The lowest BCUT2D eigenvalue weighted by molar-refractivity contribution is -0.125. The Balaban J connectivity index is 0.00000192. The average Bonchev–Trinajstić information content (AvgIpc) is 2.77. The predicted octanol–water partition coefficient (Wildman–Crippen LogP) is 2.46. The minimum Gasteiger partial charge on any atom is -0.337 e. The number of amides is 1. The van der Waals surface area contributed by atoms with Gasteiger partial charge in [0.15, 0.2) is 0 Å². The maximum absolute atomic E-state index is 12.7. The number of benzene rings is 1.